The van der Waals surface area contributed by atoms with Crippen LogP contribution in [0.5, 0.6) is 0 Å². The lowest BCUT2D eigenvalue weighted by Gasteiger charge is -2.39. The Balaban J connectivity index is 1.28. The molecule has 1 aromatic heterocycles. The molecule has 1 saturated heterocycles. The van der Waals surface area contributed by atoms with Crippen LogP contribution in [0.1, 0.15) is 73.9 Å². The highest BCUT2D eigenvalue weighted by molar-refractivity contribution is 5.98. The number of aliphatic carboxylic acids is 1. The lowest BCUT2D eigenvalue weighted by Crippen LogP contribution is -2.45. The number of hydrogen-bond donors (Lipinski definition) is 2. The van der Waals surface area contributed by atoms with E-state index in [0.717, 1.165) is 75.7 Å². The van der Waals surface area contributed by atoms with Gasteiger partial charge in [0, 0.05) is 24.7 Å². The van der Waals surface area contributed by atoms with Crippen molar-refractivity contribution in [1.82, 2.24) is 10.2 Å². The number of nitrogens with one attached hydrogen (secondary N) is 1. The molecule has 2 fully saturated rings. The van der Waals surface area contributed by atoms with Crippen LogP contribution >= 0.6 is 0 Å². The second-order valence-electron chi connectivity index (χ2n) is 10.00. The number of carbonyl (C=O) groups is 2. The van der Waals surface area contributed by atoms with Gasteiger partial charge in [0.15, 0.2) is 5.76 Å². The van der Waals surface area contributed by atoms with E-state index >= 15 is 0 Å². The molecule has 1 aliphatic heterocycles. The molecule has 4 rings (SSSR count). The zero-order valence-corrected chi connectivity index (χ0v) is 19.6. The molecule has 2 heterocycles. The smallest absolute Gasteiger partial charge is 0.303 e. The third kappa shape index (κ3) is 6.05. The molecule has 2 aromatic rings. The van der Waals surface area contributed by atoms with Gasteiger partial charge in [0.05, 0.1) is 12.7 Å². The highest BCUT2D eigenvalue weighted by Gasteiger charge is 2.35. The van der Waals surface area contributed by atoms with E-state index < -0.39 is 5.97 Å². The molecule has 0 bridgehead atoms. The Hall–Kier alpha value is -2.60. The second kappa shape index (κ2) is 10.6. The van der Waals surface area contributed by atoms with Crippen molar-refractivity contribution in [3.8, 4) is 11.1 Å². The lowest BCUT2D eigenvalue weighted by molar-refractivity contribution is -0.140. The molecular weight excluding hydrogens is 416 g/mol. The largest absolute Gasteiger partial charge is 0.481 e. The summed E-state index contributed by atoms with van der Waals surface area (Å²) in [4.78, 5) is 26.8. The number of carbonyl (C=O) groups excluding carboxylic acids is 1. The number of hydrogen-bond acceptors (Lipinski definition) is 4. The first-order chi connectivity index (χ1) is 15.9. The molecule has 2 N–H and O–H groups in total. The Bertz CT molecular complexity index is 935. The van der Waals surface area contributed by atoms with Crippen LogP contribution in [0.25, 0.3) is 11.1 Å². The average molecular weight is 453 g/mol. The number of carboxylic acid groups (broad SMARTS) is 1. The van der Waals surface area contributed by atoms with Gasteiger partial charge in [-0.15, -0.1) is 0 Å². The molecule has 1 aromatic carbocycles. The first-order valence-corrected chi connectivity index (χ1v) is 12.3. The van der Waals surface area contributed by atoms with Crippen LogP contribution in [0.3, 0.4) is 0 Å². The predicted octanol–water partition coefficient (Wildman–Crippen LogP) is 5.26. The molecule has 6 nitrogen and oxygen atoms in total. The summed E-state index contributed by atoms with van der Waals surface area (Å²) in [5.74, 6) is -0.452. The van der Waals surface area contributed by atoms with Crippen LogP contribution in [0.4, 0.5) is 0 Å². The maximum atomic E-state index is 12.9. The average Bonchev–Trinajstić information content (AvgIpc) is 3.29. The molecule has 33 heavy (non-hydrogen) atoms. The van der Waals surface area contributed by atoms with Crippen molar-refractivity contribution in [2.75, 3.05) is 19.6 Å². The van der Waals surface area contributed by atoms with Crippen LogP contribution in [0.15, 0.2) is 41.0 Å². The van der Waals surface area contributed by atoms with Crippen LogP contribution in [0, 0.1) is 12.3 Å². The summed E-state index contributed by atoms with van der Waals surface area (Å²) in [6.45, 7) is 4.85. The Morgan fingerprint density at radius 2 is 1.79 bits per heavy atom. The van der Waals surface area contributed by atoms with Crippen molar-refractivity contribution in [3.63, 3.8) is 0 Å². The Labute approximate surface area is 196 Å². The lowest BCUT2D eigenvalue weighted by atomic mass is 9.69. The van der Waals surface area contributed by atoms with E-state index in [1.807, 2.05) is 37.3 Å². The number of benzene rings is 1. The van der Waals surface area contributed by atoms with Gasteiger partial charge in [-0.2, -0.15) is 0 Å². The zero-order chi connectivity index (χ0) is 23.3. The van der Waals surface area contributed by atoms with Gasteiger partial charge in [-0.05, 0) is 62.6 Å². The van der Waals surface area contributed by atoms with Crippen molar-refractivity contribution in [1.29, 1.82) is 0 Å². The van der Waals surface area contributed by atoms with Gasteiger partial charge < -0.3 is 19.7 Å². The van der Waals surface area contributed by atoms with Crippen LogP contribution in [-0.4, -0.2) is 47.6 Å². The van der Waals surface area contributed by atoms with Crippen molar-refractivity contribution in [2.24, 2.45) is 5.41 Å². The van der Waals surface area contributed by atoms with E-state index in [9.17, 15) is 14.7 Å². The fourth-order valence-electron chi connectivity index (χ4n) is 5.53. The van der Waals surface area contributed by atoms with Gasteiger partial charge >= 0.3 is 5.97 Å². The highest BCUT2D eigenvalue weighted by Crippen LogP contribution is 2.42. The minimum absolute atomic E-state index is 0.0270. The summed E-state index contributed by atoms with van der Waals surface area (Å²) >= 11 is 0. The van der Waals surface area contributed by atoms with Gasteiger partial charge in [-0.3, -0.25) is 9.59 Å². The third-order valence-electron chi connectivity index (χ3n) is 7.56. The summed E-state index contributed by atoms with van der Waals surface area (Å²) in [5.41, 5.74) is 2.95. The molecule has 1 amide bonds. The molecule has 6 heteroatoms. The summed E-state index contributed by atoms with van der Waals surface area (Å²) in [7, 11) is 0. The summed E-state index contributed by atoms with van der Waals surface area (Å²) < 4.78 is 5.55. The third-order valence-corrected chi connectivity index (χ3v) is 7.56. The Morgan fingerprint density at radius 3 is 2.45 bits per heavy atom. The highest BCUT2D eigenvalue weighted by atomic mass is 16.4. The van der Waals surface area contributed by atoms with Gasteiger partial charge in [0.25, 0.3) is 5.91 Å². The van der Waals surface area contributed by atoms with E-state index in [2.05, 4.69) is 10.2 Å². The molecule has 1 aliphatic carbocycles. The summed E-state index contributed by atoms with van der Waals surface area (Å²) in [5, 5.41) is 12.6. The second-order valence-corrected chi connectivity index (χ2v) is 10.00. The molecule has 178 valence electrons. The SMILES string of the molecule is Cc1ccc(-c2ccoc2C(=O)NC2CCN(CCC3(CC(=O)O)CCCCC3)CC2)cc1. The number of likely N-dealkylation sites (tertiary alicyclic amines) is 1. The molecule has 0 atom stereocenters. The minimum Gasteiger partial charge on any atom is -0.481 e. The van der Waals surface area contributed by atoms with Crippen LogP contribution in [-0.2, 0) is 4.79 Å². The number of furan rings is 1. The molecule has 0 radical (unpaired) electrons. The van der Waals surface area contributed by atoms with Crippen molar-refractivity contribution in [3.05, 3.63) is 47.9 Å². The number of rotatable bonds is 8. The van der Waals surface area contributed by atoms with E-state index in [4.69, 9.17) is 4.42 Å². The number of nitrogens with zero attached hydrogens (tertiary/aromatic N) is 1. The quantitative estimate of drug-likeness (QED) is 0.570. The van der Waals surface area contributed by atoms with Crippen molar-refractivity contribution >= 4 is 11.9 Å². The van der Waals surface area contributed by atoms with Gasteiger partial charge in [-0.25, -0.2) is 0 Å². The molecule has 2 aliphatic rings. The van der Waals surface area contributed by atoms with E-state index in [1.165, 1.54) is 12.0 Å². The molecular formula is C27H36N2O4. The number of amides is 1. The van der Waals surface area contributed by atoms with E-state index in [1.54, 1.807) is 6.26 Å². The zero-order valence-electron chi connectivity index (χ0n) is 19.6. The standard InChI is InChI=1S/C27H36N2O4/c1-20-5-7-21(8-6-20)23-11-18-33-25(23)26(32)28-22-9-15-29(16-10-22)17-14-27(19-24(30)31)12-3-2-4-13-27/h5-8,11,18,22H,2-4,9-10,12-17,19H2,1H3,(H,28,32)(H,30,31). The topological polar surface area (TPSA) is 82.8 Å². The predicted molar refractivity (Wildman–Crippen MR) is 128 cm³/mol. The fraction of sp³-hybridized carbons (Fsp3) is 0.556. The van der Waals surface area contributed by atoms with Crippen molar-refractivity contribution in [2.45, 2.75) is 70.8 Å². The maximum absolute atomic E-state index is 12.9. The molecule has 0 unspecified atom stereocenters. The summed E-state index contributed by atoms with van der Waals surface area (Å²) in [6.07, 6.45) is 10.2. The number of carboxylic acids is 1. The van der Waals surface area contributed by atoms with Gasteiger partial charge in [0.1, 0.15) is 0 Å². The maximum Gasteiger partial charge on any atom is 0.303 e. The minimum atomic E-state index is -0.666. The number of piperidine rings is 1. The van der Waals surface area contributed by atoms with Crippen LogP contribution in [0.2, 0.25) is 0 Å². The molecule has 1 saturated carbocycles. The number of aryl methyl sites for hydroxylation is 1. The van der Waals surface area contributed by atoms with E-state index in [-0.39, 0.29) is 17.4 Å². The normalized spacial score (nSPS) is 19.3. The fourth-order valence-corrected chi connectivity index (χ4v) is 5.53. The summed E-state index contributed by atoms with van der Waals surface area (Å²) in [6, 6.07) is 10.1. The Morgan fingerprint density at radius 1 is 1.09 bits per heavy atom. The molecule has 0 spiro atoms. The first-order valence-electron chi connectivity index (χ1n) is 12.3. The van der Waals surface area contributed by atoms with E-state index in [0.29, 0.717) is 12.2 Å². The van der Waals surface area contributed by atoms with Gasteiger partial charge in [-0.1, -0.05) is 49.1 Å². The Kier molecular flexibility index (Phi) is 7.53. The van der Waals surface area contributed by atoms with Crippen molar-refractivity contribution < 1.29 is 19.1 Å². The monoisotopic (exact) mass is 452 g/mol. The first kappa shape index (κ1) is 23.6. The van der Waals surface area contributed by atoms with Crippen LogP contribution < -0.4 is 5.32 Å². The van der Waals surface area contributed by atoms with Gasteiger partial charge in [0.2, 0.25) is 0 Å².